The maximum atomic E-state index is 12.4. The molecule has 2 N–H and O–H groups in total. The first-order valence-corrected chi connectivity index (χ1v) is 6.54. The third kappa shape index (κ3) is 2.47. The van der Waals surface area contributed by atoms with Crippen molar-refractivity contribution < 1.29 is 15.0 Å². The number of ketones is 1. The van der Waals surface area contributed by atoms with Gasteiger partial charge in [-0.2, -0.15) is 0 Å². The monoisotopic (exact) mass is 248 g/mol. The van der Waals surface area contributed by atoms with Crippen LogP contribution in [0.4, 0.5) is 0 Å². The van der Waals surface area contributed by atoms with Crippen LogP contribution in [0.5, 0.6) is 0 Å². The van der Waals surface area contributed by atoms with E-state index in [1.165, 1.54) is 0 Å². The fourth-order valence-corrected chi connectivity index (χ4v) is 2.65. The van der Waals surface area contributed by atoms with E-state index in [0.717, 1.165) is 30.4 Å². The zero-order valence-electron chi connectivity index (χ0n) is 10.8. The Balaban J connectivity index is 2.25. The standard InChI is InChI=1S/C15H20O3/c1-11-9-12(5-6-13(11)10-16)14(17)15(18)7-3-2-4-8-15/h5-6,9,16,18H,2-4,7-8,10H2,1H3. The number of rotatable bonds is 3. The summed E-state index contributed by atoms with van der Waals surface area (Å²) in [5.74, 6) is -0.171. The summed E-state index contributed by atoms with van der Waals surface area (Å²) in [4.78, 5) is 12.4. The summed E-state index contributed by atoms with van der Waals surface area (Å²) < 4.78 is 0. The lowest BCUT2D eigenvalue weighted by molar-refractivity contribution is 0.0116. The van der Waals surface area contributed by atoms with Crippen molar-refractivity contribution in [1.82, 2.24) is 0 Å². The van der Waals surface area contributed by atoms with Crippen molar-refractivity contribution >= 4 is 5.78 Å². The molecule has 0 radical (unpaired) electrons. The minimum Gasteiger partial charge on any atom is -0.392 e. The molecule has 0 bridgehead atoms. The first-order valence-electron chi connectivity index (χ1n) is 6.54. The van der Waals surface area contributed by atoms with Crippen LogP contribution in [0, 0.1) is 6.92 Å². The molecule has 0 unspecified atom stereocenters. The molecule has 1 aliphatic carbocycles. The summed E-state index contributed by atoms with van der Waals surface area (Å²) >= 11 is 0. The van der Waals surface area contributed by atoms with Gasteiger partial charge in [-0.05, 0) is 37.0 Å². The van der Waals surface area contributed by atoms with E-state index >= 15 is 0 Å². The number of carbonyl (C=O) groups excluding carboxylic acids is 1. The molecular formula is C15H20O3. The summed E-state index contributed by atoms with van der Waals surface area (Å²) in [6.07, 6.45) is 4.04. The molecule has 0 spiro atoms. The second-order valence-corrected chi connectivity index (χ2v) is 5.22. The lowest BCUT2D eigenvalue weighted by Crippen LogP contribution is -2.40. The average Bonchev–Trinajstić information content (AvgIpc) is 2.38. The molecule has 98 valence electrons. The summed E-state index contributed by atoms with van der Waals surface area (Å²) in [7, 11) is 0. The highest BCUT2D eigenvalue weighted by Gasteiger charge is 2.37. The number of aliphatic hydroxyl groups excluding tert-OH is 1. The number of Topliss-reactive ketones (excluding diaryl/α,β-unsaturated/α-hetero) is 1. The third-order valence-corrected chi connectivity index (χ3v) is 3.88. The molecule has 0 aromatic heterocycles. The fraction of sp³-hybridized carbons (Fsp3) is 0.533. The predicted molar refractivity (Wildman–Crippen MR) is 69.5 cm³/mol. The molecule has 0 heterocycles. The van der Waals surface area contributed by atoms with Gasteiger partial charge in [0.05, 0.1) is 6.61 Å². The Kier molecular flexibility index (Phi) is 3.83. The maximum Gasteiger partial charge on any atom is 0.194 e. The van der Waals surface area contributed by atoms with E-state index in [4.69, 9.17) is 5.11 Å². The fourth-order valence-electron chi connectivity index (χ4n) is 2.65. The molecule has 3 nitrogen and oxygen atoms in total. The minimum absolute atomic E-state index is 0.0232. The van der Waals surface area contributed by atoms with Crippen LogP contribution in [0.15, 0.2) is 18.2 Å². The Hall–Kier alpha value is -1.19. The van der Waals surface area contributed by atoms with Crippen LogP contribution in [0.25, 0.3) is 0 Å². The van der Waals surface area contributed by atoms with Crippen molar-refractivity contribution in [1.29, 1.82) is 0 Å². The molecule has 0 amide bonds. The number of benzene rings is 1. The molecule has 0 aliphatic heterocycles. The van der Waals surface area contributed by atoms with Crippen molar-refractivity contribution in [2.45, 2.75) is 51.2 Å². The van der Waals surface area contributed by atoms with Crippen molar-refractivity contribution in [2.24, 2.45) is 0 Å². The minimum atomic E-state index is -1.18. The van der Waals surface area contributed by atoms with E-state index in [1.54, 1.807) is 18.2 Å². The van der Waals surface area contributed by atoms with Gasteiger partial charge in [-0.25, -0.2) is 0 Å². The van der Waals surface area contributed by atoms with Crippen molar-refractivity contribution in [3.05, 3.63) is 34.9 Å². The van der Waals surface area contributed by atoms with Crippen LogP contribution in [-0.4, -0.2) is 21.6 Å². The lowest BCUT2D eigenvalue weighted by Gasteiger charge is -2.30. The van der Waals surface area contributed by atoms with Gasteiger partial charge in [0, 0.05) is 5.56 Å². The smallest absolute Gasteiger partial charge is 0.194 e. The van der Waals surface area contributed by atoms with Gasteiger partial charge in [-0.3, -0.25) is 4.79 Å². The Morgan fingerprint density at radius 2 is 1.94 bits per heavy atom. The topological polar surface area (TPSA) is 57.5 Å². The van der Waals surface area contributed by atoms with Gasteiger partial charge in [0.25, 0.3) is 0 Å². The van der Waals surface area contributed by atoms with Gasteiger partial charge < -0.3 is 10.2 Å². The maximum absolute atomic E-state index is 12.4. The van der Waals surface area contributed by atoms with Crippen LogP contribution in [-0.2, 0) is 6.61 Å². The molecule has 18 heavy (non-hydrogen) atoms. The zero-order chi connectivity index (χ0) is 13.2. The van der Waals surface area contributed by atoms with E-state index in [-0.39, 0.29) is 12.4 Å². The number of hydrogen-bond donors (Lipinski definition) is 2. The molecule has 1 aromatic rings. The van der Waals surface area contributed by atoms with E-state index in [1.807, 2.05) is 6.92 Å². The zero-order valence-corrected chi connectivity index (χ0v) is 10.8. The van der Waals surface area contributed by atoms with E-state index < -0.39 is 5.60 Å². The SMILES string of the molecule is Cc1cc(C(=O)C2(O)CCCCC2)ccc1CO. The van der Waals surface area contributed by atoms with Crippen LogP contribution in [0.3, 0.4) is 0 Å². The van der Waals surface area contributed by atoms with E-state index in [2.05, 4.69) is 0 Å². The van der Waals surface area contributed by atoms with Crippen LogP contribution < -0.4 is 0 Å². The Bertz CT molecular complexity index is 445. The van der Waals surface area contributed by atoms with Gasteiger partial charge in [0.15, 0.2) is 5.78 Å². The molecular weight excluding hydrogens is 228 g/mol. The third-order valence-electron chi connectivity index (χ3n) is 3.88. The summed E-state index contributed by atoms with van der Waals surface area (Å²) in [5, 5.41) is 19.5. The molecule has 1 aromatic carbocycles. The normalized spacial score (nSPS) is 18.6. The number of aryl methyl sites for hydroxylation is 1. The quantitative estimate of drug-likeness (QED) is 0.807. The Morgan fingerprint density at radius 3 is 2.50 bits per heavy atom. The first-order chi connectivity index (χ1) is 8.57. The molecule has 1 fully saturated rings. The second-order valence-electron chi connectivity index (χ2n) is 5.22. The first kappa shape index (κ1) is 13.2. The lowest BCUT2D eigenvalue weighted by atomic mass is 9.79. The average molecular weight is 248 g/mol. The van der Waals surface area contributed by atoms with Crippen molar-refractivity contribution in [3.8, 4) is 0 Å². The van der Waals surface area contributed by atoms with Gasteiger partial charge in [-0.1, -0.05) is 31.4 Å². The van der Waals surface area contributed by atoms with E-state index in [9.17, 15) is 9.90 Å². The molecule has 0 atom stereocenters. The summed E-state index contributed by atoms with van der Waals surface area (Å²) in [6, 6.07) is 5.22. The summed E-state index contributed by atoms with van der Waals surface area (Å²) in [5.41, 5.74) is 1.09. The summed E-state index contributed by atoms with van der Waals surface area (Å²) in [6.45, 7) is 1.85. The Labute approximate surface area is 107 Å². The Morgan fingerprint density at radius 1 is 1.28 bits per heavy atom. The van der Waals surface area contributed by atoms with Gasteiger partial charge in [0.1, 0.15) is 5.60 Å². The largest absolute Gasteiger partial charge is 0.392 e. The predicted octanol–water partition coefficient (Wildman–Crippen LogP) is 2.37. The highest BCUT2D eigenvalue weighted by Crippen LogP contribution is 2.31. The van der Waals surface area contributed by atoms with Crippen LogP contribution in [0.1, 0.15) is 53.6 Å². The molecule has 0 saturated heterocycles. The van der Waals surface area contributed by atoms with E-state index in [0.29, 0.717) is 18.4 Å². The highest BCUT2D eigenvalue weighted by atomic mass is 16.3. The molecule has 1 saturated carbocycles. The number of carbonyl (C=O) groups is 1. The van der Waals surface area contributed by atoms with Crippen LogP contribution >= 0.6 is 0 Å². The molecule has 3 heteroatoms. The number of aliphatic hydroxyl groups is 2. The second kappa shape index (κ2) is 5.21. The van der Waals surface area contributed by atoms with Gasteiger partial charge >= 0.3 is 0 Å². The highest BCUT2D eigenvalue weighted by molar-refractivity contribution is 6.02. The number of hydrogen-bond acceptors (Lipinski definition) is 3. The van der Waals surface area contributed by atoms with Gasteiger partial charge in [0.2, 0.25) is 0 Å². The molecule has 2 rings (SSSR count). The van der Waals surface area contributed by atoms with Crippen molar-refractivity contribution in [2.75, 3.05) is 0 Å². The van der Waals surface area contributed by atoms with Crippen LogP contribution in [0.2, 0.25) is 0 Å². The molecule has 1 aliphatic rings. The van der Waals surface area contributed by atoms with Crippen molar-refractivity contribution in [3.63, 3.8) is 0 Å². The van der Waals surface area contributed by atoms with Gasteiger partial charge in [-0.15, -0.1) is 0 Å².